The van der Waals surface area contributed by atoms with Crippen molar-refractivity contribution in [2.24, 2.45) is 0 Å². The molecule has 2 aromatic carbocycles. The van der Waals surface area contributed by atoms with Crippen molar-refractivity contribution in [2.45, 2.75) is 0 Å². The van der Waals surface area contributed by atoms with Gasteiger partial charge in [-0.2, -0.15) is 0 Å². The molecule has 0 bridgehead atoms. The minimum absolute atomic E-state index is 0.125. The summed E-state index contributed by atoms with van der Waals surface area (Å²) in [5.41, 5.74) is 2.07. The van der Waals surface area contributed by atoms with Gasteiger partial charge in [0.25, 0.3) is 5.56 Å². The van der Waals surface area contributed by atoms with Gasteiger partial charge in [0.15, 0.2) is 11.5 Å². The lowest BCUT2D eigenvalue weighted by molar-refractivity contribution is 0.175. The van der Waals surface area contributed by atoms with Gasteiger partial charge in [0, 0.05) is 15.4 Å². The van der Waals surface area contributed by atoms with Crippen LogP contribution in [0.25, 0.3) is 22.0 Å². The van der Waals surface area contributed by atoms with Gasteiger partial charge in [-0.3, -0.25) is 4.79 Å². The average molecular weight is 344 g/mol. The van der Waals surface area contributed by atoms with Crippen molar-refractivity contribution in [3.63, 3.8) is 0 Å². The minimum atomic E-state index is -0.125. The fraction of sp³-hybridized carbons (Fsp3) is 0.0625. The van der Waals surface area contributed by atoms with Crippen LogP contribution in [-0.4, -0.2) is 11.8 Å². The SMILES string of the molecule is O=c1[nH]c2ccc3c(c2cc1-c1cccc(Br)c1)OCO3. The summed E-state index contributed by atoms with van der Waals surface area (Å²) in [4.78, 5) is 15.2. The molecule has 4 rings (SSSR count). The van der Waals surface area contributed by atoms with E-state index in [0.717, 1.165) is 20.9 Å². The smallest absolute Gasteiger partial charge is 0.256 e. The third-order valence-corrected chi connectivity index (χ3v) is 3.99. The molecular formula is C16H10BrNO3. The Balaban J connectivity index is 2.02. The molecule has 0 radical (unpaired) electrons. The first-order valence-electron chi connectivity index (χ1n) is 6.44. The monoisotopic (exact) mass is 343 g/mol. The van der Waals surface area contributed by atoms with E-state index in [2.05, 4.69) is 20.9 Å². The quantitative estimate of drug-likeness (QED) is 0.733. The van der Waals surface area contributed by atoms with Crippen LogP contribution in [0.2, 0.25) is 0 Å². The van der Waals surface area contributed by atoms with Gasteiger partial charge < -0.3 is 14.5 Å². The Kier molecular flexibility index (Phi) is 2.75. The first-order valence-corrected chi connectivity index (χ1v) is 7.23. The summed E-state index contributed by atoms with van der Waals surface area (Å²) in [6.07, 6.45) is 0. The molecule has 0 saturated heterocycles. The number of hydrogen-bond acceptors (Lipinski definition) is 3. The molecule has 0 fully saturated rings. The molecule has 3 aromatic rings. The average Bonchev–Trinajstić information content (AvgIpc) is 2.95. The number of hydrogen-bond donors (Lipinski definition) is 1. The Morgan fingerprint density at radius 3 is 2.86 bits per heavy atom. The van der Waals surface area contributed by atoms with Gasteiger partial charge in [0.05, 0.1) is 5.52 Å². The molecule has 4 nitrogen and oxygen atoms in total. The number of H-pyrrole nitrogens is 1. The zero-order valence-electron chi connectivity index (χ0n) is 10.9. The van der Waals surface area contributed by atoms with E-state index in [-0.39, 0.29) is 12.4 Å². The Labute approximate surface area is 128 Å². The largest absolute Gasteiger partial charge is 0.454 e. The van der Waals surface area contributed by atoms with E-state index in [1.807, 2.05) is 36.4 Å². The Bertz CT molecular complexity index is 917. The molecule has 1 aromatic heterocycles. The molecule has 0 aliphatic carbocycles. The molecule has 21 heavy (non-hydrogen) atoms. The van der Waals surface area contributed by atoms with Crippen LogP contribution in [0.5, 0.6) is 11.5 Å². The molecule has 2 heterocycles. The summed E-state index contributed by atoms with van der Waals surface area (Å²) in [6, 6.07) is 13.1. The highest BCUT2D eigenvalue weighted by Crippen LogP contribution is 2.39. The van der Waals surface area contributed by atoms with Crippen molar-refractivity contribution >= 4 is 26.8 Å². The van der Waals surface area contributed by atoms with Crippen molar-refractivity contribution in [1.29, 1.82) is 0 Å². The fourth-order valence-corrected chi connectivity index (χ4v) is 2.92. The number of aromatic nitrogens is 1. The lowest BCUT2D eigenvalue weighted by Crippen LogP contribution is -2.08. The van der Waals surface area contributed by atoms with E-state index in [4.69, 9.17) is 9.47 Å². The third-order valence-electron chi connectivity index (χ3n) is 3.49. The summed E-state index contributed by atoms with van der Waals surface area (Å²) >= 11 is 3.43. The van der Waals surface area contributed by atoms with E-state index in [1.165, 1.54) is 0 Å². The Hall–Kier alpha value is -2.27. The molecule has 0 saturated carbocycles. The molecule has 5 heteroatoms. The van der Waals surface area contributed by atoms with Crippen LogP contribution in [0.3, 0.4) is 0 Å². The highest BCUT2D eigenvalue weighted by molar-refractivity contribution is 9.10. The molecule has 104 valence electrons. The second kappa shape index (κ2) is 4.63. The van der Waals surface area contributed by atoms with E-state index < -0.39 is 0 Å². The van der Waals surface area contributed by atoms with Crippen LogP contribution >= 0.6 is 15.9 Å². The van der Waals surface area contributed by atoms with Gasteiger partial charge in [0.1, 0.15) is 0 Å². The van der Waals surface area contributed by atoms with E-state index in [0.29, 0.717) is 17.1 Å². The van der Waals surface area contributed by atoms with E-state index in [9.17, 15) is 4.79 Å². The Morgan fingerprint density at radius 2 is 2.00 bits per heavy atom. The molecule has 0 unspecified atom stereocenters. The fourth-order valence-electron chi connectivity index (χ4n) is 2.52. The molecule has 1 N–H and O–H groups in total. The lowest BCUT2D eigenvalue weighted by Gasteiger charge is -2.06. The van der Waals surface area contributed by atoms with E-state index in [1.54, 1.807) is 6.07 Å². The lowest BCUT2D eigenvalue weighted by atomic mass is 10.0. The minimum Gasteiger partial charge on any atom is -0.454 e. The number of pyridine rings is 1. The summed E-state index contributed by atoms with van der Waals surface area (Å²) in [5, 5.41) is 0.847. The number of nitrogens with one attached hydrogen (secondary N) is 1. The maximum atomic E-state index is 12.3. The van der Waals surface area contributed by atoms with Gasteiger partial charge in [-0.1, -0.05) is 28.1 Å². The van der Waals surface area contributed by atoms with Crippen molar-refractivity contribution in [3.05, 3.63) is 57.3 Å². The summed E-state index contributed by atoms with van der Waals surface area (Å²) in [7, 11) is 0. The molecule has 1 aliphatic heterocycles. The van der Waals surface area contributed by atoms with E-state index >= 15 is 0 Å². The number of benzene rings is 2. The van der Waals surface area contributed by atoms with Gasteiger partial charge in [-0.15, -0.1) is 0 Å². The van der Waals surface area contributed by atoms with Crippen molar-refractivity contribution < 1.29 is 9.47 Å². The highest BCUT2D eigenvalue weighted by Gasteiger charge is 2.18. The second-order valence-electron chi connectivity index (χ2n) is 4.78. The van der Waals surface area contributed by atoms with Crippen molar-refractivity contribution in [3.8, 4) is 22.6 Å². The van der Waals surface area contributed by atoms with Crippen LogP contribution in [0.1, 0.15) is 0 Å². The molecule has 0 atom stereocenters. The first-order chi connectivity index (χ1) is 10.2. The van der Waals surface area contributed by atoms with Crippen LogP contribution < -0.4 is 15.0 Å². The van der Waals surface area contributed by atoms with Gasteiger partial charge in [-0.25, -0.2) is 0 Å². The van der Waals surface area contributed by atoms with Crippen molar-refractivity contribution in [1.82, 2.24) is 4.98 Å². The topological polar surface area (TPSA) is 51.3 Å². The number of ether oxygens (including phenoxy) is 2. The predicted molar refractivity (Wildman–Crippen MR) is 83.8 cm³/mol. The summed E-state index contributed by atoms with van der Waals surface area (Å²) in [6.45, 7) is 0.208. The number of aromatic amines is 1. The number of fused-ring (bicyclic) bond motifs is 3. The van der Waals surface area contributed by atoms with Crippen molar-refractivity contribution in [2.75, 3.05) is 6.79 Å². The zero-order chi connectivity index (χ0) is 14.4. The second-order valence-corrected chi connectivity index (χ2v) is 5.70. The van der Waals surface area contributed by atoms with Gasteiger partial charge in [0.2, 0.25) is 6.79 Å². The molecule has 0 spiro atoms. The van der Waals surface area contributed by atoms with Crippen LogP contribution in [0.15, 0.2) is 51.7 Å². The van der Waals surface area contributed by atoms with Crippen LogP contribution in [-0.2, 0) is 0 Å². The number of halogens is 1. The third kappa shape index (κ3) is 2.01. The van der Waals surface area contributed by atoms with Crippen LogP contribution in [0.4, 0.5) is 0 Å². The number of rotatable bonds is 1. The maximum absolute atomic E-state index is 12.3. The first kappa shape index (κ1) is 12.5. The predicted octanol–water partition coefficient (Wildman–Crippen LogP) is 3.69. The summed E-state index contributed by atoms with van der Waals surface area (Å²) < 4.78 is 11.8. The molecular weight excluding hydrogens is 334 g/mol. The van der Waals surface area contributed by atoms with Crippen LogP contribution in [0, 0.1) is 0 Å². The van der Waals surface area contributed by atoms with Gasteiger partial charge in [-0.05, 0) is 35.9 Å². The summed E-state index contributed by atoms with van der Waals surface area (Å²) in [5.74, 6) is 1.38. The highest BCUT2D eigenvalue weighted by atomic mass is 79.9. The standard InChI is InChI=1S/C16H10BrNO3/c17-10-3-1-2-9(6-10)11-7-12-13(18-16(11)19)4-5-14-15(12)21-8-20-14/h1-7H,8H2,(H,18,19). The Morgan fingerprint density at radius 1 is 1.10 bits per heavy atom. The normalized spacial score (nSPS) is 12.8. The molecule has 1 aliphatic rings. The van der Waals surface area contributed by atoms with Gasteiger partial charge >= 0.3 is 0 Å². The zero-order valence-corrected chi connectivity index (χ0v) is 12.4. The maximum Gasteiger partial charge on any atom is 0.256 e. The molecule has 0 amide bonds.